The van der Waals surface area contributed by atoms with Crippen molar-refractivity contribution in [1.82, 2.24) is 4.90 Å². The Hall–Kier alpha value is -1.89. The van der Waals surface area contributed by atoms with Crippen molar-refractivity contribution in [2.75, 3.05) is 13.1 Å². The van der Waals surface area contributed by atoms with Crippen LogP contribution in [0.15, 0.2) is 29.4 Å². The van der Waals surface area contributed by atoms with E-state index < -0.39 is 5.60 Å². The van der Waals surface area contributed by atoms with E-state index in [1.807, 2.05) is 32.9 Å². The zero-order valence-corrected chi connectivity index (χ0v) is 18.4. The second-order valence-corrected chi connectivity index (χ2v) is 6.96. The first-order valence-electron chi connectivity index (χ1n) is 8.36. The summed E-state index contributed by atoms with van der Waals surface area (Å²) in [6, 6.07) is 8.20. The molecule has 2 rings (SSSR count). The van der Waals surface area contributed by atoms with Gasteiger partial charge in [0, 0.05) is 18.0 Å². The third-order valence-electron chi connectivity index (χ3n) is 3.91. The van der Waals surface area contributed by atoms with Crippen LogP contribution < -0.4 is 29.6 Å². The molecule has 0 radical (unpaired) electrons. The molecule has 140 valence electrons. The Morgan fingerprint density at radius 1 is 1.19 bits per heavy atom. The van der Waals surface area contributed by atoms with Crippen molar-refractivity contribution in [3.8, 4) is 0 Å². The van der Waals surface area contributed by atoms with E-state index in [2.05, 4.69) is 22.2 Å². The number of benzene rings is 1. The van der Waals surface area contributed by atoms with Gasteiger partial charge < -0.3 is 20.7 Å². The Labute approximate surface area is 181 Å². The number of rotatable bonds is 3. The maximum absolute atomic E-state index is 12.1. The summed E-state index contributed by atoms with van der Waals surface area (Å²) in [4.78, 5) is 18.1. The van der Waals surface area contributed by atoms with Crippen LogP contribution in [0.2, 0.25) is 0 Å². The van der Waals surface area contributed by atoms with Crippen LogP contribution in [0.4, 0.5) is 4.79 Å². The summed E-state index contributed by atoms with van der Waals surface area (Å²) in [5.74, 6) is 0.460. The molecule has 27 heavy (non-hydrogen) atoms. The maximum Gasteiger partial charge on any atom is 1.00 e. The molecule has 1 fully saturated rings. The number of nitrogens with zero attached hydrogens (tertiary/aromatic N) is 7. The molecule has 1 heterocycles. The molecule has 1 aromatic carbocycles. The van der Waals surface area contributed by atoms with Gasteiger partial charge >= 0.3 is 35.7 Å². The van der Waals surface area contributed by atoms with Gasteiger partial charge in [0.1, 0.15) is 5.60 Å². The van der Waals surface area contributed by atoms with Gasteiger partial charge in [-0.05, 0) is 56.2 Å². The van der Waals surface area contributed by atoms with Gasteiger partial charge in [-0.1, -0.05) is 29.4 Å². The average Bonchev–Trinajstić information content (AvgIpc) is 2.60. The molecule has 0 N–H and O–H groups in total. The van der Waals surface area contributed by atoms with Crippen LogP contribution in [0.1, 0.15) is 50.7 Å². The number of carbonyl (C=O) groups excluding carboxylic acids is 1. The average molecular weight is 381 g/mol. The molecule has 1 aliphatic heterocycles. The number of piperidine rings is 1. The van der Waals surface area contributed by atoms with Crippen molar-refractivity contribution in [3.63, 3.8) is 0 Å². The van der Waals surface area contributed by atoms with Crippen LogP contribution in [0.5, 0.6) is 0 Å². The maximum atomic E-state index is 12.1. The van der Waals surface area contributed by atoms with Crippen LogP contribution in [-0.2, 0) is 11.3 Å². The molecular weight excluding hydrogens is 357 g/mol. The van der Waals surface area contributed by atoms with Gasteiger partial charge in [0.2, 0.25) is 0 Å². The first-order chi connectivity index (χ1) is 12.3. The molecule has 0 bridgehead atoms. The number of ether oxygens (including phenoxy) is 1. The molecule has 1 amide bonds. The second-order valence-electron chi connectivity index (χ2n) is 6.96. The Balaban J connectivity index is 0.00000158. The van der Waals surface area contributed by atoms with E-state index in [9.17, 15) is 4.79 Å². The molecule has 9 nitrogen and oxygen atoms in total. The summed E-state index contributed by atoms with van der Waals surface area (Å²) in [5.41, 5.74) is 23.7. The fraction of sp³-hybridized carbons (Fsp3) is 0.588. The van der Waals surface area contributed by atoms with Gasteiger partial charge in [-0.25, -0.2) is 4.79 Å². The number of carbonyl (C=O) groups is 1. The van der Waals surface area contributed by atoms with Crippen molar-refractivity contribution < 1.29 is 39.1 Å². The predicted molar refractivity (Wildman–Crippen MR) is 99.2 cm³/mol. The predicted octanol–water partition coefficient (Wildman–Crippen LogP) is 2.48. The van der Waals surface area contributed by atoms with Crippen LogP contribution in [0, 0.1) is 0 Å². The fourth-order valence-electron chi connectivity index (χ4n) is 2.73. The quantitative estimate of drug-likeness (QED) is 0.344. The summed E-state index contributed by atoms with van der Waals surface area (Å²) >= 11 is 0. The first-order valence-corrected chi connectivity index (χ1v) is 8.36. The van der Waals surface area contributed by atoms with Crippen LogP contribution in [0.3, 0.4) is 0 Å². The van der Waals surface area contributed by atoms with E-state index in [0.29, 0.717) is 12.5 Å². The van der Waals surface area contributed by atoms with Crippen molar-refractivity contribution in [1.29, 1.82) is 0 Å². The molecule has 0 atom stereocenters. The minimum atomic E-state index is -0.449. The first kappa shape index (κ1) is 25.1. The van der Waals surface area contributed by atoms with Gasteiger partial charge in [0.15, 0.2) is 0 Å². The fourth-order valence-corrected chi connectivity index (χ4v) is 2.73. The van der Waals surface area contributed by atoms with Gasteiger partial charge in [-0.15, -0.1) is 0 Å². The number of likely N-dealkylation sites (tertiary alicyclic amines) is 1. The molecule has 0 aromatic heterocycles. The number of hydrogen-bond donors (Lipinski definition) is 0. The Bertz CT molecular complexity index is 668. The van der Waals surface area contributed by atoms with Gasteiger partial charge in [0.05, 0.1) is 6.54 Å². The normalized spacial score (nSPS) is 13.8. The van der Waals surface area contributed by atoms with Crippen molar-refractivity contribution in [2.45, 2.75) is 51.7 Å². The summed E-state index contributed by atoms with van der Waals surface area (Å²) in [5, 5.41) is 3.57. The minimum absolute atomic E-state index is 0. The van der Waals surface area contributed by atoms with Gasteiger partial charge in [0.25, 0.3) is 0 Å². The minimum Gasteiger partial charge on any atom is -0.444 e. The summed E-state index contributed by atoms with van der Waals surface area (Å²) in [6.07, 6.45) is 1.66. The van der Waals surface area contributed by atoms with Gasteiger partial charge in [-0.2, -0.15) is 0 Å². The molecule has 1 saturated heterocycles. The largest absolute Gasteiger partial charge is 1.00 e. The van der Waals surface area contributed by atoms with E-state index in [-0.39, 0.29) is 35.7 Å². The zero-order chi connectivity index (χ0) is 19.6. The van der Waals surface area contributed by atoms with E-state index in [1.54, 1.807) is 4.90 Å². The van der Waals surface area contributed by atoms with E-state index in [1.165, 1.54) is 10.5 Å². The van der Waals surface area contributed by atoms with Crippen LogP contribution in [0.25, 0.3) is 26.4 Å². The SMILES string of the molecule is CC(C)(C)OC(=O)N1CCC(c2ccc(CN=[N+]=[N-])cc2)CC1.[N-]=[N+]=[N-].[Na+]. The molecule has 0 aliphatic carbocycles. The number of hydrogen-bond acceptors (Lipinski definition) is 3. The smallest absolute Gasteiger partial charge is 0.444 e. The summed E-state index contributed by atoms with van der Waals surface area (Å²) in [6.45, 7) is 7.48. The molecular formula is C17H24N7NaO2. The molecule has 10 heteroatoms. The third-order valence-corrected chi connectivity index (χ3v) is 3.91. The summed E-state index contributed by atoms with van der Waals surface area (Å²) in [7, 11) is 0. The molecule has 1 aliphatic rings. The standard InChI is InChI=1S/C17H24N4O2.N3.Na/c1-17(2,3)23-16(22)21-10-8-15(9-11-21)14-6-4-13(5-7-14)12-19-20-18;1-3-2;/h4-7,15H,8-12H2,1-3H3;;/q;-1;+1. The molecule has 0 saturated carbocycles. The van der Waals surface area contributed by atoms with Crippen molar-refractivity contribution in [2.24, 2.45) is 5.11 Å². The molecule has 1 aromatic rings. The molecule has 0 unspecified atom stereocenters. The molecule has 0 spiro atoms. The van der Waals surface area contributed by atoms with E-state index in [4.69, 9.17) is 21.3 Å². The Morgan fingerprint density at radius 3 is 2.15 bits per heavy atom. The topological polar surface area (TPSA) is 137 Å². The third kappa shape index (κ3) is 9.56. The zero-order valence-electron chi connectivity index (χ0n) is 16.4. The van der Waals surface area contributed by atoms with E-state index >= 15 is 0 Å². The van der Waals surface area contributed by atoms with Crippen molar-refractivity contribution >= 4 is 6.09 Å². The second kappa shape index (κ2) is 12.5. The van der Waals surface area contributed by atoms with Gasteiger partial charge in [-0.3, -0.25) is 4.91 Å². The number of azide groups is 1. The number of amides is 1. The van der Waals surface area contributed by atoms with Crippen molar-refractivity contribution in [3.05, 3.63) is 61.8 Å². The van der Waals surface area contributed by atoms with Crippen LogP contribution in [-0.4, -0.2) is 29.7 Å². The Morgan fingerprint density at radius 2 is 1.70 bits per heavy atom. The van der Waals surface area contributed by atoms with Crippen LogP contribution >= 0.6 is 0 Å². The van der Waals surface area contributed by atoms with E-state index in [0.717, 1.165) is 31.5 Å². The monoisotopic (exact) mass is 381 g/mol. The summed E-state index contributed by atoms with van der Waals surface area (Å²) < 4.78 is 5.42. The Kier molecular flexibility index (Phi) is 11.6.